The Morgan fingerprint density at radius 2 is 1.76 bits per heavy atom. The Morgan fingerprint density at radius 3 is 2.24 bits per heavy atom. The highest BCUT2D eigenvalue weighted by Gasteiger charge is 2.25. The van der Waals surface area contributed by atoms with E-state index >= 15 is 0 Å². The molecule has 21 heavy (non-hydrogen) atoms. The van der Waals surface area contributed by atoms with Crippen molar-refractivity contribution in [3.8, 4) is 0 Å². The SMILES string of the molecule is CC(C)C(NC(=O)CCC(C)(C)c1ccccc1)C(=O)O. The van der Waals surface area contributed by atoms with Crippen molar-refractivity contribution in [1.29, 1.82) is 0 Å². The highest BCUT2D eigenvalue weighted by atomic mass is 16.4. The first-order valence-corrected chi connectivity index (χ1v) is 7.32. The molecule has 1 rings (SSSR count). The van der Waals surface area contributed by atoms with Gasteiger partial charge in [0.05, 0.1) is 0 Å². The van der Waals surface area contributed by atoms with Gasteiger partial charge >= 0.3 is 5.97 Å². The van der Waals surface area contributed by atoms with Crippen LogP contribution in [0.25, 0.3) is 0 Å². The van der Waals surface area contributed by atoms with Crippen molar-refractivity contribution in [3.05, 3.63) is 35.9 Å². The van der Waals surface area contributed by atoms with Gasteiger partial charge in [-0.05, 0) is 23.3 Å². The van der Waals surface area contributed by atoms with Crippen molar-refractivity contribution >= 4 is 11.9 Å². The van der Waals surface area contributed by atoms with Crippen LogP contribution in [0.4, 0.5) is 0 Å². The van der Waals surface area contributed by atoms with Crippen LogP contribution in [-0.4, -0.2) is 23.0 Å². The van der Waals surface area contributed by atoms with Crippen LogP contribution < -0.4 is 5.32 Å². The van der Waals surface area contributed by atoms with E-state index in [9.17, 15) is 9.59 Å². The van der Waals surface area contributed by atoms with E-state index < -0.39 is 12.0 Å². The summed E-state index contributed by atoms with van der Waals surface area (Å²) in [5.74, 6) is -1.32. The van der Waals surface area contributed by atoms with Gasteiger partial charge < -0.3 is 10.4 Å². The maximum Gasteiger partial charge on any atom is 0.326 e. The Morgan fingerprint density at radius 1 is 1.19 bits per heavy atom. The zero-order valence-corrected chi connectivity index (χ0v) is 13.2. The minimum absolute atomic E-state index is 0.116. The molecule has 0 aliphatic heterocycles. The van der Waals surface area contributed by atoms with Gasteiger partial charge in [0.1, 0.15) is 6.04 Å². The molecule has 0 aromatic heterocycles. The van der Waals surface area contributed by atoms with Gasteiger partial charge in [-0.15, -0.1) is 0 Å². The molecular formula is C17H25NO3. The lowest BCUT2D eigenvalue weighted by atomic mass is 9.80. The van der Waals surface area contributed by atoms with Gasteiger partial charge in [-0.3, -0.25) is 4.79 Å². The first-order valence-electron chi connectivity index (χ1n) is 7.32. The monoisotopic (exact) mass is 291 g/mol. The molecule has 1 atom stereocenters. The molecule has 0 aliphatic carbocycles. The summed E-state index contributed by atoms with van der Waals surface area (Å²) in [6, 6.07) is 9.20. The fraction of sp³-hybridized carbons (Fsp3) is 0.529. The van der Waals surface area contributed by atoms with E-state index in [4.69, 9.17) is 5.11 Å². The second-order valence-corrected chi connectivity index (χ2v) is 6.38. The summed E-state index contributed by atoms with van der Waals surface area (Å²) in [4.78, 5) is 23.1. The lowest BCUT2D eigenvalue weighted by Gasteiger charge is -2.25. The molecule has 1 amide bonds. The van der Waals surface area contributed by atoms with Crippen LogP contribution in [0, 0.1) is 5.92 Å². The van der Waals surface area contributed by atoms with Crippen LogP contribution in [0.5, 0.6) is 0 Å². The minimum atomic E-state index is -0.985. The van der Waals surface area contributed by atoms with Crippen molar-refractivity contribution < 1.29 is 14.7 Å². The lowest BCUT2D eigenvalue weighted by Crippen LogP contribution is -2.44. The summed E-state index contributed by atoms with van der Waals surface area (Å²) in [5, 5.41) is 11.7. The average molecular weight is 291 g/mol. The molecule has 0 aliphatic rings. The predicted molar refractivity (Wildman–Crippen MR) is 83.1 cm³/mol. The van der Waals surface area contributed by atoms with E-state index in [0.29, 0.717) is 12.8 Å². The number of amides is 1. The standard InChI is InChI=1S/C17H25NO3/c1-12(2)15(16(20)21)18-14(19)10-11-17(3,4)13-8-6-5-7-9-13/h5-9,12,15H,10-11H2,1-4H3,(H,18,19)(H,20,21). The van der Waals surface area contributed by atoms with E-state index in [-0.39, 0.29) is 17.2 Å². The molecule has 0 bridgehead atoms. The molecule has 0 fully saturated rings. The van der Waals surface area contributed by atoms with Gasteiger partial charge in [-0.2, -0.15) is 0 Å². The second kappa shape index (κ2) is 7.25. The fourth-order valence-corrected chi connectivity index (χ4v) is 2.22. The number of carboxylic acids is 1. The average Bonchev–Trinajstić information content (AvgIpc) is 2.43. The molecule has 0 saturated heterocycles. The first kappa shape index (κ1) is 17.2. The van der Waals surface area contributed by atoms with E-state index in [2.05, 4.69) is 19.2 Å². The quantitative estimate of drug-likeness (QED) is 0.811. The molecule has 0 saturated carbocycles. The van der Waals surface area contributed by atoms with Gasteiger partial charge in [0.2, 0.25) is 5.91 Å². The third-order valence-corrected chi connectivity index (χ3v) is 3.78. The summed E-state index contributed by atoms with van der Waals surface area (Å²) in [6.45, 7) is 7.75. The third-order valence-electron chi connectivity index (χ3n) is 3.78. The summed E-state index contributed by atoms with van der Waals surface area (Å²) in [6.07, 6.45) is 0.992. The minimum Gasteiger partial charge on any atom is -0.480 e. The fourth-order valence-electron chi connectivity index (χ4n) is 2.22. The topological polar surface area (TPSA) is 66.4 Å². The number of aliphatic carboxylic acids is 1. The number of hydrogen-bond acceptors (Lipinski definition) is 2. The molecule has 1 aromatic carbocycles. The van der Waals surface area contributed by atoms with Gasteiger partial charge in [0, 0.05) is 6.42 Å². The maximum absolute atomic E-state index is 12.0. The van der Waals surface area contributed by atoms with E-state index in [0.717, 1.165) is 0 Å². The van der Waals surface area contributed by atoms with Crippen molar-refractivity contribution in [2.75, 3.05) is 0 Å². The van der Waals surface area contributed by atoms with Gasteiger partial charge in [0.25, 0.3) is 0 Å². The zero-order chi connectivity index (χ0) is 16.0. The normalized spacial score (nSPS) is 13.0. The first-order chi connectivity index (χ1) is 9.74. The van der Waals surface area contributed by atoms with Crippen LogP contribution in [0.3, 0.4) is 0 Å². The van der Waals surface area contributed by atoms with Crippen molar-refractivity contribution in [2.24, 2.45) is 5.92 Å². The predicted octanol–water partition coefficient (Wildman–Crippen LogP) is 2.97. The molecule has 0 radical (unpaired) electrons. The number of benzene rings is 1. The van der Waals surface area contributed by atoms with Crippen molar-refractivity contribution in [1.82, 2.24) is 5.32 Å². The zero-order valence-electron chi connectivity index (χ0n) is 13.2. The Bertz CT molecular complexity index is 480. The highest BCUT2D eigenvalue weighted by molar-refractivity contribution is 5.83. The molecule has 2 N–H and O–H groups in total. The Kier molecular flexibility index (Phi) is 5.94. The van der Waals surface area contributed by atoms with Gasteiger partial charge in [0.15, 0.2) is 0 Å². The Balaban J connectivity index is 2.58. The Labute approximate surface area is 126 Å². The summed E-state index contributed by atoms with van der Waals surface area (Å²) < 4.78 is 0. The van der Waals surface area contributed by atoms with Gasteiger partial charge in [-0.25, -0.2) is 4.79 Å². The summed E-state index contributed by atoms with van der Waals surface area (Å²) in [7, 11) is 0. The van der Waals surface area contributed by atoms with E-state index in [1.54, 1.807) is 13.8 Å². The van der Waals surface area contributed by atoms with Gasteiger partial charge in [-0.1, -0.05) is 58.0 Å². The molecule has 116 valence electrons. The largest absolute Gasteiger partial charge is 0.480 e. The molecule has 0 heterocycles. The highest BCUT2D eigenvalue weighted by Crippen LogP contribution is 2.28. The summed E-state index contributed by atoms with van der Waals surface area (Å²) >= 11 is 0. The maximum atomic E-state index is 12.0. The molecule has 4 nitrogen and oxygen atoms in total. The van der Waals surface area contributed by atoms with Crippen molar-refractivity contribution in [3.63, 3.8) is 0 Å². The van der Waals surface area contributed by atoms with Crippen LogP contribution in [0.1, 0.15) is 46.1 Å². The number of rotatable bonds is 7. The van der Waals surface area contributed by atoms with E-state index in [1.165, 1.54) is 5.56 Å². The number of carboxylic acid groups (broad SMARTS) is 1. The molecule has 0 spiro atoms. The number of carbonyl (C=O) groups is 2. The van der Waals surface area contributed by atoms with Crippen molar-refractivity contribution in [2.45, 2.75) is 52.0 Å². The Hall–Kier alpha value is -1.84. The molecular weight excluding hydrogens is 266 g/mol. The molecule has 4 heteroatoms. The van der Waals surface area contributed by atoms with Crippen LogP contribution in [0.15, 0.2) is 30.3 Å². The smallest absolute Gasteiger partial charge is 0.326 e. The number of nitrogens with one attached hydrogen (secondary N) is 1. The van der Waals surface area contributed by atoms with E-state index in [1.807, 2.05) is 30.3 Å². The van der Waals surface area contributed by atoms with Crippen LogP contribution in [-0.2, 0) is 15.0 Å². The lowest BCUT2D eigenvalue weighted by molar-refractivity contribution is -0.143. The number of hydrogen-bond donors (Lipinski definition) is 2. The second-order valence-electron chi connectivity index (χ2n) is 6.38. The van der Waals surface area contributed by atoms with Crippen LogP contribution in [0.2, 0.25) is 0 Å². The summed E-state index contributed by atoms with van der Waals surface area (Å²) in [5.41, 5.74) is 1.06. The molecule has 1 aromatic rings. The van der Waals surface area contributed by atoms with Crippen LogP contribution >= 0.6 is 0 Å². The number of carbonyl (C=O) groups excluding carboxylic acids is 1. The third kappa shape index (κ3) is 5.21. The molecule has 1 unspecified atom stereocenters.